The van der Waals surface area contributed by atoms with Crippen molar-refractivity contribution >= 4 is 6.09 Å². The van der Waals surface area contributed by atoms with Crippen LogP contribution in [0.3, 0.4) is 0 Å². The molecule has 4 N–H and O–H groups in total. The number of carbonyl (C=O) groups is 1. The lowest BCUT2D eigenvalue weighted by atomic mass is 10.00. The number of nitrogens with one attached hydrogen (secondary N) is 1. The minimum Gasteiger partial charge on any atom is -0.507 e. The first-order valence-electron chi connectivity index (χ1n) is 8.59. The van der Waals surface area contributed by atoms with E-state index in [0.29, 0.717) is 16.9 Å². The molecule has 2 aromatic carbocycles. The van der Waals surface area contributed by atoms with Crippen LogP contribution in [0.2, 0.25) is 0 Å². The Kier molecular flexibility index (Phi) is 6.25. The van der Waals surface area contributed by atoms with Gasteiger partial charge >= 0.3 is 6.09 Å². The summed E-state index contributed by atoms with van der Waals surface area (Å²) in [5.41, 5.74) is 1.51. The standard InChI is InChI=1S/C20H20N2O6/c23-16-7-6-14(10-15(16)18-8-9-22-28-18)19(25)17(24)11-21-20(26)27-12-13-4-2-1-3-5-13/h1-10,17,19,23-25H,11-12H2,(H,21,26). The van der Waals surface area contributed by atoms with Crippen LogP contribution in [0.4, 0.5) is 4.79 Å². The lowest BCUT2D eigenvalue weighted by Crippen LogP contribution is -2.35. The number of amides is 1. The molecule has 2 unspecified atom stereocenters. The summed E-state index contributed by atoms with van der Waals surface area (Å²) in [4.78, 5) is 11.8. The minimum atomic E-state index is -1.29. The van der Waals surface area contributed by atoms with E-state index in [4.69, 9.17) is 9.26 Å². The summed E-state index contributed by atoms with van der Waals surface area (Å²) in [5, 5.41) is 36.5. The Balaban J connectivity index is 1.55. The first kappa shape index (κ1) is 19.4. The van der Waals surface area contributed by atoms with Gasteiger partial charge in [-0.2, -0.15) is 0 Å². The van der Waals surface area contributed by atoms with Gasteiger partial charge in [0.2, 0.25) is 0 Å². The molecule has 0 aliphatic carbocycles. The predicted octanol–water partition coefficient (Wildman–Crippen LogP) is 2.37. The molecule has 1 amide bonds. The van der Waals surface area contributed by atoms with E-state index < -0.39 is 18.3 Å². The van der Waals surface area contributed by atoms with E-state index in [0.717, 1.165) is 5.56 Å². The van der Waals surface area contributed by atoms with Crippen LogP contribution in [0.15, 0.2) is 65.3 Å². The van der Waals surface area contributed by atoms with Gasteiger partial charge in [-0.05, 0) is 23.3 Å². The summed E-state index contributed by atoms with van der Waals surface area (Å²) in [6.45, 7) is -0.114. The molecule has 28 heavy (non-hydrogen) atoms. The molecular weight excluding hydrogens is 364 g/mol. The van der Waals surface area contributed by atoms with Crippen LogP contribution in [-0.4, -0.2) is 39.2 Å². The molecule has 0 saturated carbocycles. The van der Waals surface area contributed by atoms with Gasteiger partial charge in [-0.15, -0.1) is 0 Å². The van der Waals surface area contributed by atoms with Gasteiger partial charge in [-0.3, -0.25) is 0 Å². The van der Waals surface area contributed by atoms with E-state index in [-0.39, 0.29) is 18.9 Å². The normalized spacial score (nSPS) is 12.9. The van der Waals surface area contributed by atoms with Crippen molar-refractivity contribution < 1.29 is 29.4 Å². The third kappa shape index (κ3) is 4.87. The molecule has 0 fully saturated rings. The van der Waals surface area contributed by atoms with Crippen molar-refractivity contribution in [1.29, 1.82) is 0 Å². The van der Waals surface area contributed by atoms with Crippen molar-refractivity contribution in [2.75, 3.05) is 6.54 Å². The van der Waals surface area contributed by atoms with E-state index in [1.165, 1.54) is 24.4 Å². The molecule has 8 heteroatoms. The van der Waals surface area contributed by atoms with E-state index >= 15 is 0 Å². The van der Waals surface area contributed by atoms with E-state index in [1.54, 1.807) is 6.07 Å². The maximum atomic E-state index is 11.8. The quantitative estimate of drug-likeness (QED) is 0.493. The van der Waals surface area contributed by atoms with Gasteiger partial charge in [-0.1, -0.05) is 41.6 Å². The Bertz CT molecular complexity index is 898. The molecule has 0 aliphatic heterocycles. The molecule has 3 rings (SSSR count). The van der Waals surface area contributed by atoms with Crippen LogP contribution in [0.25, 0.3) is 11.3 Å². The van der Waals surface area contributed by atoms with Crippen LogP contribution in [0, 0.1) is 0 Å². The minimum absolute atomic E-state index is 0.0511. The Morgan fingerprint density at radius 3 is 2.64 bits per heavy atom. The zero-order valence-corrected chi connectivity index (χ0v) is 14.9. The number of rotatable bonds is 7. The van der Waals surface area contributed by atoms with Crippen molar-refractivity contribution in [3.63, 3.8) is 0 Å². The van der Waals surface area contributed by atoms with Crippen molar-refractivity contribution in [3.8, 4) is 17.1 Å². The molecule has 0 aliphatic rings. The summed E-state index contributed by atoms with van der Waals surface area (Å²) >= 11 is 0. The van der Waals surface area contributed by atoms with Gasteiger partial charge in [0.05, 0.1) is 11.8 Å². The molecule has 0 saturated heterocycles. The summed E-state index contributed by atoms with van der Waals surface area (Å²) in [6.07, 6.45) is -1.85. The van der Waals surface area contributed by atoms with Gasteiger partial charge in [-0.25, -0.2) is 4.79 Å². The zero-order valence-electron chi connectivity index (χ0n) is 14.9. The SMILES string of the molecule is O=C(NCC(O)C(O)c1ccc(O)c(-c2ccno2)c1)OCc1ccccc1. The largest absolute Gasteiger partial charge is 0.507 e. The topological polar surface area (TPSA) is 125 Å². The second kappa shape index (κ2) is 9.03. The number of aliphatic hydroxyl groups excluding tert-OH is 2. The van der Waals surface area contributed by atoms with Crippen molar-refractivity contribution in [2.45, 2.75) is 18.8 Å². The molecular formula is C20H20N2O6. The highest BCUT2D eigenvalue weighted by Gasteiger charge is 2.21. The van der Waals surface area contributed by atoms with Crippen molar-refractivity contribution in [3.05, 3.63) is 71.9 Å². The molecule has 0 bridgehead atoms. The molecule has 8 nitrogen and oxygen atoms in total. The van der Waals surface area contributed by atoms with E-state index in [1.807, 2.05) is 30.3 Å². The number of ether oxygens (including phenoxy) is 1. The first-order chi connectivity index (χ1) is 13.5. The van der Waals surface area contributed by atoms with Gasteiger partial charge in [0, 0.05) is 12.6 Å². The van der Waals surface area contributed by atoms with Crippen LogP contribution in [0.5, 0.6) is 5.75 Å². The molecule has 1 aromatic heterocycles. The molecule has 2 atom stereocenters. The molecule has 1 heterocycles. The number of carbonyl (C=O) groups excluding carboxylic acids is 1. The van der Waals surface area contributed by atoms with Crippen LogP contribution in [0.1, 0.15) is 17.2 Å². The molecule has 0 spiro atoms. The molecule has 0 radical (unpaired) electrons. The predicted molar refractivity (Wildman–Crippen MR) is 99.2 cm³/mol. The summed E-state index contributed by atoms with van der Waals surface area (Å²) in [7, 11) is 0. The van der Waals surface area contributed by atoms with Crippen LogP contribution < -0.4 is 5.32 Å². The van der Waals surface area contributed by atoms with Gasteiger partial charge in [0.15, 0.2) is 5.76 Å². The Morgan fingerprint density at radius 1 is 1.14 bits per heavy atom. The fraction of sp³-hybridized carbons (Fsp3) is 0.200. The van der Waals surface area contributed by atoms with Gasteiger partial charge in [0.25, 0.3) is 0 Å². The molecule has 3 aromatic rings. The third-order valence-electron chi connectivity index (χ3n) is 4.10. The fourth-order valence-corrected chi connectivity index (χ4v) is 2.59. The Labute approximate surface area is 161 Å². The first-order valence-corrected chi connectivity index (χ1v) is 8.59. The van der Waals surface area contributed by atoms with Gasteiger partial charge < -0.3 is 29.9 Å². The lowest BCUT2D eigenvalue weighted by Gasteiger charge is -2.19. The highest BCUT2D eigenvalue weighted by molar-refractivity contribution is 5.67. The summed E-state index contributed by atoms with van der Waals surface area (Å²) in [5.74, 6) is 0.272. The zero-order chi connectivity index (χ0) is 19.9. The summed E-state index contributed by atoms with van der Waals surface area (Å²) in [6, 6.07) is 15.1. The number of alkyl carbamates (subject to hydrolysis) is 1. The maximum Gasteiger partial charge on any atom is 0.407 e. The maximum absolute atomic E-state index is 11.8. The number of hydrogen-bond donors (Lipinski definition) is 4. The number of aromatic hydroxyl groups is 1. The van der Waals surface area contributed by atoms with E-state index in [2.05, 4.69) is 10.5 Å². The van der Waals surface area contributed by atoms with E-state index in [9.17, 15) is 20.1 Å². The second-order valence-corrected chi connectivity index (χ2v) is 6.11. The van der Waals surface area contributed by atoms with Crippen molar-refractivity contribution in [2.24, 2.45) is 0 Å². The number of hydrogen-bond acceptors (Lipinski definition) is 7. The number of aliphatic hydroxyl groups is 2. The van der Waals surface area contributed by atoms with Gasteiger partial charge in [0.1, 0.15) is 24.6 Å². The monoisotopic (exact) mass is 384 g/mol. The number of nitrogens with zero attached hydrogens (tertiary/aromatic N) is 1. The molecule has 146 valence electrons. The van der Waals surface area contributed by atoms with Crippen LogP contribution in [-0.2, 0) is 11.3 Å². The Hall–Kier alpha value is -3.36. The van der Waals surface area contributed by atoms with Crippen molar-refractivity contribution in [1.82, 2.24) is 10.5 Å². The number of phenols is 1. The van der Waals surface area contributed by atoms with Crippen LogP contribution >= 0.6 is 0 Å². The number of benzene rings is 2. The Morgan fingerprint density at radius 2 is 1.93 bits per heavy atom. The number of phenolic OH excluding ortho intramolecular Hbond substituents is 1. The fourth-order valence-electron chi connectivity index (χ4n) is 2.59. The highest BCUT2D eigenvalue weighted by Crippen LogP contribution is 2.32. The average Bonchev–Trinajstić information content (AvgIpc) is 3.25. The highest BCUT2D eigenvalue weighted by atomic mass is 16.5. The number of aromatic nitrogens is 1. The lowest BCUT2D eigenvalue weighted by molar-refractivity contribution is 0.0184. The second-order valence-electron chi connectivity index (χ2n) is 6.11. The smallest absolute Gasteiger partial charge is 0.407 e. The average molecular weight is 384 g/mol. The third-order valence-corrected chi connectivity index (χ3v) is 4.10. The summed E-state index contributed by atoms with van der Waals surface area (Å²) < 4.78 is 10.1.